The molecular formula is C17H25NO2. The van der Waals surface area contributed by atoms with E-state index in [0.717, 1.165) is 24.8 Å². The summed E-state index contributed by atoms with van der Waals surface area (Å²) >= 11 is 0. The number of aryl methyl sites for hydroxylation is 2. The van der Waals surface area contributed by atoms with E-state index in [0.29, 0.717) is 18.9 Å². The maximum Gasteiger partial charge on any atom is 0.224 e. The Morgan fingerprint density at radius 1 is 1.35 bits per heavy atom. The third kappa shape index (κ3) is 4.34. The number of nitrogens with one attached hydrogen (secondary N) is 1. The molecule has 0 spiro atoms. The Morgan fingerprint density at radius 2 is 2.15 bits per heavy atom. The van der Waals surface area contributed by atoms with Crippen molar-refractivity contribution >= 4 is 5.91 Å². The van der Waals surface area contributed by atoms with Gasteiger partial charge in [-0.15, -0.1) is 0 Å². The summed E-state index contributed by atoms with van der Waals surface area (Å²) in [5.41, 5.74) is 3.99. The lowest BCUT2D eigenvalue weighted by Gasteiger charge is -2.09. The Morgan fingerprint density at radius 3 is 2.95 bits per heavy atom. The van der Waals surface area contributed by atoms with E-state index in [-0.39, 0.29) is 12.5 Å². The van der Waals surface area contributed by atoms with Gasteiger partial charge < -0.3 is 10.4 Å². The second-order valence-electron chi connectivity index (χ2n) is 5.91. The van der Waals surface area contributed by atoms with E-state index in [1.165, 1.54) is 24.0 Å². The van der Waals surface area contributed by atoms with Gasteiger partial charge in [0.1, 0.15) is 0 Å². The van der Waals surface area contributed by atoms with Gasteiger partial charge in [-0.1, -0.05) is 25.1 Å². The number of hydrogen-bond donors (Lipinski definition) is 2. The number of fused-ring (bicyclic) bond motifs is 1. The van der Waals surface area contributed by atoms with Crippen LogP contribution in [0.2, 0.25) is 0 Å². The summed E-state index contributed by atoms with van der Waals surface area (Å²) in [6, 6.07) is 6.45. The van der Waals surface area contributed by atoms with E-state index in [2.05, 4.69) is 23.5 Å². The molecule has 0 aromatic heterocycles. The molecule has 1 unspecified atom stereocenters. The van der Waals surface area contributed by atoms with Crippen molar-refractivity contribution in [2.24, 2.45) is 5.92 Å². The number of aliphatic hydroxyl groups is 1. The molecule has 0 saturated heterocycles. The van der Waals surface area contributed by atoms with Gasteiger partial charge in [0.15, 0.2) is 0 Å². The van der Waals surface area contributed by atoms with E-state index in [9.17, 15) is 4.79 Å². The second kappa shape index (κ2) is 7.44. The molecule has 1 amide bonds. The number of carbonyl (C=O) groups excluding carboxylic acids is 1. The zero-order chi connectivity index (χ0) is 14.4. The highest BCUT2D eigenvalue weighted by molar-refractivity contribution is 5.78. The van der Waals surface area contributed by atoms with Crippen LogP contribution >= 0.6 is 0 Å². The summed E-state index contributed by atoms with van der Waals surface area (Å²) in [6.07, 6.45) is 5.94. The molecule has 3 nitrogen and oxygen atoms in total. The third-order valence-electron chi connectivity index (χ3n) is 4.04. The SMILES string of the molecule is CC(CO)CCCNC(=O)Cc1ccc2c(c1)CCC2. The van der Waals surface area contributed by atoms with Crippen molar-refractivity contribution < 1.29 is 9.90 Å². The molecule has 0 fully saturated rings. The maximum absolute atomic E-state index is 11.9. The molecule has 1 aliphatic rings. The molecule has 0 bridgehead atoms. The summed E-state index contributed by atoms with van der Waals surface area (Å²) in [7, 11) is 0. The number of benzene rings is 1. The fourth-order valence-corrected chi connectivity index (χ4v) is 2.75. The smallest absolute Gasteiger partial charge is 0.224 e. The Kier molecular flexibility index (Phi) is 5.60. The van der Waals surface area contributed by atoms with Gasteiger partial charge in [-0.25, -0.2) is 0 Å². The van der Waals surface area contributed by atoms with Crippen LogP contribution in [0.5, 0.6) is 0 Å². The average molecular weight is 275 g/mol. The molecule has 1 aliphatic carbocycles. The average Bonchev–Trinajstić information content (AvgIpc) is 2.90. The summed E-state index contributed by atoms with van der Waals surface area (Å²) in [6.45, 7) is 2.95. The zero-order valence-corrected chi connectivity index (χ0v) is 12.3. The Labute approximate surface area is 121 Å². The summed E-state index contributed by atoms with van der Waals surface area (Å²) < 4.78 is 0. The molecule has 1 aromatic rings. The zero-order valence-electron chi connectivity index (χ0n) is 12.3. The van der Waals surface area contributed by atoms with Crippen molar-refractivity contribution in [3.05, 3.63) is 34.9 Å². The van der Waals surface area contributed by atoms with Crippen molar-refractivity contribution in [3.63, 3.8) is 0 Å². The molecule has 3 heteroatoms. The lowest BCUT2D eigenvalue weighted by molar-refractivity contribution is -0.120. The van der Waals surface area contributed by atoms with Crippen LogP contribution < -0.4 is 5.32 Å². The van der Waals surface area contributed by atoms with E-state index in [4.69, 9.17) is 5.11 Å². The Hall–Kier alpha value is -1.35. The highest BCUT2D eigenvalue weighted by atomic mass is 16.3. The Bertz CT molecular complexity index is 456. The van der Waals surface area contributed by atoms with E-state index >= 15 is 0 Å². The monoisotopic (exact) mass is 275 g/mol. The topological polar surface area (TPSA) is 49.3 Å². The van der Waals surface area contributed by atoms with E-state index < -0.39 is 0 Å². The predicted molar refractivity (Wildman–Crippen MR) is 80.7 cm³/mol. The highest BCUT2D eigenvalue weighted by Crippen LogP contribution is 2.22. The van der Waals surface area contributed by atoms with Gasteiger partial charge in [-0.05, 0) is 54.7 Å². The summed E-state index contributed by atoms with van der Waals surface area (Å²) in [4.78, 5) is 11.9. The maximum atomic E-state index is 11.9. The minimum atomic E-state index is 0.0969. The van der Waals surface area contributed by atoms with Crippen molar-refractivity contribution in [1.29, 1.82) is 0 Å². The fraction of sp³-hybridized carbons (Fsp3) is 0.588. The number of hydrogen-bond acceptors (Lipinski definition) is 2. The number of rotatable bonds is 7. The van der Waals surface area contributed by atoms with Gasteiger partial charge in [0.2, 0.25) is 5.91 Å². The molecule has 110 valence electrons. The van der Waals surface area contributed by atoms with Gasteiger partial charge in [-0.2, -0.15) is 0 Å². The largest absolute Gasteiger partial charge is 0.396 e. The highest BCUT2D eigenvalue weighted by Gasteiger charge is 2.12. The van der Waals surface area contributed by atoms with Crippen molar-refractivity contribution in [1.82, 2.24) is 5.32 Å². The van der Waals surface area contributed by atoms with Gasteiger partial charge in [-0.3, -0.25) is 4.79 Å². The quantitative estimate of drug-likeness (QED) is 0.750. The molecular weight excluding hydrogens is 250 g/mol. The van der Waals surface area contributed by atoms with Gasteiger partial charge in [0.05, 0.1) is 6.42 Å². The molecule has 0 heterocycles. The van der Waals surface area contributed by atoms with E-state index in [1.807, 2.05) is 6.92 Å². The van der Waals surface area contributed by atoms with Crippen LogP contribution in [0.15, 0.2) is 18.2 Å². The van der Waals surface area contributed by atoms with Gasteiger partial charge >= 0.3 is 0 Å². The van der Waals surface area contributed by atoms with Crippen LogP contribution in [-0.4, -0.2) is 24.2 Å². The number of carbonyl (C=O) groups is 1. The minimum Gasteiger partial charge on any atom is -0.396 e. The first-order chi connectivity index (χ1) is 9.69. The van der Waals surface area contributed by atoms with Crippen LogP contribution in [0.4, 0.5) is 0 Å². The number of aliphatic hydroxyl groups excluding tert-OH is 1. The van der Waals surface area contributed by atoms with Crippen molar-refractivity contribution in [2.75, 3.05) is 13.2 Å². The summed E-state index contributed by atoms with van der Waals surface area (Å²) in [5, 5.41) is 11.9. The lowest BCUT2D eigenvalue weighted by Crippen LogP contribution is -2.26. The standard InChI is InChI=1S/C17H25NO2/c1-13(12-19)4-3-9-18-17(20)11-14-7-8-15-5-2-6-16(15)10-14/h7-8,10,13,19H,2-6,9,11-12H2,1H3,(H,18,20). The van der Waals surface area contributed by atoms with Crippen LogP contribution in [0.3, 0.4) is 0 Å². The minimum absolute atomic E-state index is 0.0969. The van der Waals surface area contributed by atoms with Gasteiger partial charge in [0.25, 0.3) is 0 Å². The molecule has 0 radical (unpaired) electrons. The van der Waals surface area contributed by atoms with Crippen LogP contribution in [-0.2, 0) is 24.1 Å². The fourth-order valence-electron chi connectivity index (χ4n) is 2.75. The van der Waals surface area contributed by atoms with Crippen LogP contribution in [0.25, 0.3) is 0 Å². The molecule has 0 aliphatic heterocycles. The van der Waals surface area contributed by atoms with Crippen molar-refractivity contribution in [3.8, 4) is 0 Å². The lowest BCUT2D eigenvalue weighted by atomic mass is 10.0. The summed E-state index contributed by atoms with van der Waals surface area (Å²) in [5.74, 6) is 0.420. The number of amides is 1. The van der Waals surface area contributed by atoms with E-state index in [1.54, 1.807) is 0 Å². The molecule has 2 N–H and O–H groups in total. The van der Waals surface area contributed by atoms with Crippen LogP contribution in [0.1, 0.15) is 42.9 Å². The molecule has 1 atom stereocenters. The third-order valence-corrected chi connectivity index (χ3v) is 4.04. The van der Waals surface area contributed by atoms with Crippen LogP contribution in [0, 0.1) is 5.92 Å². The first-order valence-corrected chi connectivity index (χ1v) is 7.67. The first-order valence-electron chi connectivity index (χ1n) is 7.67. The first kappa shape index (κ1) is 15.0. The predicted octanol–water partition coefficient (Wildman–Crippen LogP) is 2.24. The molecule has 1 aromatic carbocycles. The molecule has 2 rings (SSSR count). The molecule has 0 saturated carbocycles. The second-order valence-corrected chi connectivity index (χ2v) is 5.91. The molecule has 20 heavy (non-hydrogen) atoms. The van der Waals surface area contributed by atoms with Crippen molar-refractivity contribution in [2.45, 2.75) is 45.4 Å². The van der Waals surface area contributed by atoms with Gasteiger partial charge in [0, 0.05) is 13.2 Å². The normalized spacial score (nSPS) is 14.9. The Balaban J connectivity index is 1.72.